The molecule has 0 radical (unpaired) electrons. The van der Waals surface area contributed by atoms with Crippen molar-refractivity contribution in [2.45, 2.75) is 38.6 Å². The minimum absolute atomic E-state index is 0.194. The molecule has 2 rings (SSSR count). The molecule has 1 aromatic rings. The summed E-state index contributed by atoms with van der Waals surface area (Å²) in [4.78, 5) is 0. The Labute approximate surface area is 95.8 Å². The van der Waals surface area contributed by atoms with Crippen molar-refractivity contribution in [3.05, 3.63) is 35.4 Å². The summed E-state index contributed by atoms with van der Waals surface area (Å²) in [7, 11) is 0. The fraction of sp³-hybridized carbons (Fsp3) is 0.538. The van der Waals surface area contributed by atoms with Gasteiger partial charge in [-0.3, -0.25) is 5.32 Å². The molecule has 1 saturated heterocycles. The summed E-state index contributed by atoms with van der Waals surface area (Å²) in [6.45, 7) is 5.46. The van der Waals surface area contributed by atoms with Crippen LogP contribution in [0.2, 0.25) is 0 Å². The minimum atomic E-state index is -0.452. The summed E-state index contributed by atoms with van der Waals surface area (Å²) in [5.41, 5.74) is 1.78. The average Bonchev–Trinajstić information content (AvgIpc) is 2.55. The quantitative estimate of drug-likeness (QED) is 0.832. The zero-order valence-corrected chi connectivity index (χ0v) is 9.96. The number of halogens is 1. The Morgan fingerprint density at radius 3 is 2.50 bits per heavy atom. The molecule has 16 heavy (non-hydrogen) atoms. The second kappa shape index (κ2) is 4.15. The van der Waals surface area contributed by atoms with E-state index in [4.69, 9.17) is 4.74 Å². The van der Waals surface area contributed by atoms with Gasteiger partial charge in [-0.2, -0.15) is 0 Å². The van der Waals surface area contributed by atoms with Gasteiger partial charge in [0.15, 0.2) is 0 Å². The molecule has 88 valence electrons. The molecule has 0 aliphatic carbocycles. The SMILES string of the molecule is Cc1ccc(C2OC(C)(C)NC2CF)cc1. The lowest BCUT2D eigenvalue weighted by molar-refractivity contribution is -0.0267. The highest BCUT2D eigenvalue weighted by molar-refractivity contribution is 5.25. The number of nitrogens with one attached hydrogen (secondary N) is 1. The molecule has 3 heteroatoms. The molecule has 0 spiro atoms. The van der Waals surface area contributed by atoms with Crippen LogP contribution in [0.15, 0.2) is 24.3 Å². The molecular formula is C13H18FNO. The molecule has 0 saturated carbocycles. The predicted octanol–water partition coefficient (Wildman–Crippen LogP) is 2.73. The van der Waals surface area contributed by atoms with Crippen LogP contribution < -0.4 is 5.32 Å². The Bertz CT molecular complexity index is 361. The van der Waals surface area contributed by atoms with E-state index < -0.39 is 12.4 Å². The van der Waals surface area contributed by atoms with Crippen molar-refractivity contribution in [1.82, 2.24) is 5.32 Å². The first-order chi connectivity index (χ1) is 7.52. The summed E-state index contributed by atoms with van der Waals surface area (Å²) >= 11 is 0. The first-order valence-corrected chi connectivity index (χ1v) is 5.60. The largest absolute Gasteiger partial charge is 0.352 e. The Morgan fingerprint density at radius 2 is 1.94 bits per heavy atom. The van der Waals surface area contributed by atoms with E-state index in [1.54, 1.807) is 0 Å². The number of alkyl halides is 1. The molecule has 2 atom stereocenters. The van der Waals surface area contributed by atoms with Crippen molar-refractivity contribution in [2.75, 3.05) is 6.67 Å². The Balaban J connectivity index is 2.23. The lowest BCUT2D eigenvalue weighted by Crippen LogP contribution is -2.39. The van der Waals surface area contributed by atoms with E-state index >= 15 is 0 Å². The number of rotatable bonds is 2. The molecule has 1 aromatic carbocycles. The van der Waals surface area contributed by atoms with E-state index in [0.717, 1.165) is 5.56 Å². The molecule has 1 N–H and O–H groups in total. The van der Waals surface area contributed by atoms with Crippen molar-refractivity contribution < 1.29 is 9.13 Å². The van der Waals surface area contributed by atoms with Gasteiger partial charge >= 0.3 is 0 Å². The molecule has 1 fully saturated rings. The fourth-order valence-electron chi connectivity index (χ4n) is 2.13. The highest BCUT2D eigenvalue weighted by Gasteiger charge is 2.40. The maximum atomic E-state index is 12.9. The highest BCUT2D eigenvalue weighted by Crippen LogP contribution is 2.33. The van der Waals surface area contributed by atoms with E-state index in [1.807, 2.05) is 45.0 Å². The smallest absolute Gasteiger partial charge is 0.114 e. The molecule has 1 aliphatic heterocycles. The van der Waals surface area contributed by atoms with Crippen LogP contribution >= 0.6 is 0 Å². The van der Waals surface area contributed by atoms with Gasteiger partial charge in [0, 0.05) is 0 Å². The van der Waals surface area contributed by atoms with E-state index in [-0.39, 0.29) is 12.1 Å². The third-order valence-electron chi connectivity index (χ3n) is 2.89. The van der Waals surface area contributed by atoms with Crippen LogP contribution in [-0.4, -0.2) is 18.4 Å². The van der Waals surface area contributed by atoms with Gasteiger partial charge in [-0.1, -0.05) is 29.8 Å². The van der Waals surface area contributed by atoms with Gasteiger partial charge in [0.1, 0.15) is 18.5 Å². The first-order valence-electron chi connectivity index (χ1n) is 5.60. The zero-order chi connectivity index (χ0) is 11.8. The molecule has 2 unspecified atom stereocenters. The van der Waals surface area contributed by atoms with Crippen molar-refractivity contribution in [3.63, 3.8) is 0 Å². The summed E-state index contributed by atoms with van der Waals surface area (Å²) in [5, 5.41) is 3.15. The van der Waals surface area contributed by atoms with Gasteiger partial charge in [0.2, 0.25) is 0 Å². The Hall–Kier alpha value is -0.930. The minimum Gasteiger partial charge on any atom is -0.352 e. The first kappa shape index (κ1) is 11.6. The van der Waals surface area contributed by atoms with Crippen molar-refractivity contribution in [2.24, 2.45) is 0 Å². The van der Waals surface area contributed by atoms with Gasteiger partial charge in [-0.05, 0) is 26.3 Å². The van der Waals surface area contributed by atoms with Crippen LogP contribution in [-0.2, 0) is 4.74 Å². The van der Waals surface area contributed by atoms with Crippen LogP contribution in [0.25, 0.3) is 0 Å². The van der Waals surface area contributed by atoms with E-state index in [1.165, 1.54) is 5.56 Å². The summed E-state index contributed by atoms with van der Waals surface area (Å²) < 4.78 is 18.7. The van der Waals surface area contributed by atoms with Crippen LogP contribution in [0, 0.1) is 6.92 Å². The van der Waals surface area contributed by atoms with Gasteiger partial charge in [-0.25, -0.2) is 4.39 Å². The third kappa shape index (κ3) is 2.25. The highest BCUT2D eigenvalue weighted by atomic mass is 19.1. The van der Waals surface area contributed by atoms with Crippen LogP contribution in [0.3, 0.4) is 0 Å². The van der Waals surface area contributed by atoms with Crippen LogP contribution in [0.1, 0.15) is 31.1 Å². The molecule has 1 aliphatic rings. The molecule has 2 nitrogen and oxygen atoms in total. The summed E-state index contributed by atoms with van der Waals surface area (Å²) in [6.07, 6.45) is -0.194. The average molecular weight is 223 g/mol. The lowest BCUT2D eigenvalue weighted by Gasteiger charge is -2.18. The monoisotopic (exact) mass is 223 g/mol. The van der Waals surface area contributed by atoms with Gasteiger partial charge < -0.3 is 4.74 Å². The van der Waals surface area contributed by atoms with Gasteiger partial charge in [-0.15, -0.1) is 0 Å². The number of ether oxygens (including phenoxy) is 1. The Morgan fingerprint density at radius 1 is 1.31 bits per heavy atom. The van der Waals surface area contributed by atoms with Crippen LogP contribution in [0.4, 0.5) is 4.39 Å². The van der Waals surface area contributed by atoms with Gasteiger partial charge in [0.25, 0.3) is 0 Å². The summed E-state index contributed by atoms with van der Waals surface area (Å²) in [5.74, 6) is 0. The van der Waals surface area contributed by atoms with E-state index in [0.29, 0.717) is 0 Å². The number of hydrogen-bond acceptors (Lipinski definition) is 2. The van der Waals surface area contributed by atoms with Crippen LogP contribution in [0.5, 0.6) is 0 Å². The predicted molar refractivity (Wildman–Crippen MR) is 62.0 cm³/mol. The molecule has 0 bridgehead atoms. The Kier molecular flexibility index (Phi) is 3.00. The maximum Gasteiger partial charge on any atom is 0.114 e. The molecular weight excluding hydrogens is 205 g/mol. The molecule has 1 heterocycles. The lowest BCUT2D eigenvalue weighted by atomic mass is 10.0. The third-order valence-corrected chi connectivity index (χ3v) is 2.89. The number of benzene rings is 1. The maximum absolute atomic E-state index is 12.9. The van der Waals surface area contributed by atoms with E-state index in [9.17, 15) is 4.39 Å². The fourth-order valence-corrected chi connectivity index (χ4v) is 2.13. The standard InChI is InChI=1S/C13H18FNO/c1-9-4-6-10(7-5-9)12-11(8-14)15-13(2,3)16-12/h4-7,11-12,15H,8H2,1-3H3. The van der Waals surface area contributed by atoms with Crippen molar-refractivity contribution >= 4 is 0 Å². The zero-order valence-electron chi connectivity index (χ0n) is 9.96. The molecule has 0 aromatic heterocycles. The second-order valence-corrected chi connectivity index (χ2v) is 4.86. The summed E-state index contributed by atoms with van der Waals surface area (Å²) in [6, 6.07) is 7.81. The van der Waals surface area contributed by atoms with E-state index in [2.05, 4.69) is 5.32 Å². The number of aryl methyl sites for hydroxylation is 1. The normalized spacial score (nSPS) is 28.2. The van der Waals surface area contributed by atoms with Crippen molar-refractivity contribution in [1.29, 1.82) is 0 Å². The topological polar surface area (TPSA) is 21.3 Å². The molecule has 0 amide bonds. The second-order valence-electron chi connectivity index (χ2n) is 4.86. The van der Waals surface area contributed by atoms with Gasteiger partial charge in [0.05, 0.1) is 6.04 Å². The number of hydrogen-bond donors (Lipinski definition) is 1. The van der Waals surface area contributed by atoms with Crippen molar-refractivity contribution in [3.8, 4) is 0 Å².